The number of halogens is 1. The maximum atomic E-state index is 13.7. The molecular weight excluding hydrogens is 380 g/mol. The molecule has 4 bridgehead atoms. The molecule has 0 spiro atoms. The zero-order valence-electron chi connectivity index (χ0n) is 18.1. The van der Waals surface area contributed by atoms with Crippen molar-refractivity contribution in [2.24, 2.45) is 23.2 Å². The Morgan fingerprint density at radius 3 is 2.24 bits per heavy atom. The van der Waals surface area contributed by atoms with Crippen LogP contribution in [0.3, 0.4) is 0 Å². The minimum atomic E-state index is -0.0953. The van der Waals surface area contributed by atoms with Crippen molar-refractivity contribution in [1.29, 1.82) is 0 Å². The van der Waals surface area contributed by atoms with Crippen molar-refractivity contribution in [3.05, 3.63) is 34.4 Å². The molecule has 1 aliphatic heterocycles. The number of allylic oxidation sites excluding steroid dienone is 1. The number of nitrogens with one attached hydrogen (secondary N) is 1. The minimum absolute atomic E-state index is 0.0937. The van der Waals surface area contributed by atoms with Gasteiger partial charge in [-0.25, -0.2) is 0 Å². The van der Waals surface area contributed by atoms with Gasteiger partial charge in [-0.3, -0.25) is 4.79 Å². The second kappa shape index (κ2) is 6.51. The summed E-state index contributed by atoms with van der Waals surface area (Å²) in [6.07, 6.45) is 10.3. The summed E-state index contributed by atoms with van der Waals surface area (Å²) in [5.41, 5.74) is 4.16. The van der Waals surface area contributed by atoms with E-state index in [9.17, 15) is 4.79 Å². The summed E-state index contributed by atoms with van der Waals surface area (Å²) in [7, 11) is 4.02. The first kappa shape index (κ1) is 19.5. The number of carbonyl (C=O) groups is 1. The topological polar surface area (TPSA) is 32.3 Å². The van der Waals surface area contributed by atoms with Gasteiger partial charge in [0, 0.05) is 42.4 Å². The molecule has 4 saturated carbocycles. The van der Waals surface area contributed by atoms with Crippen LogP contribution >= 0.6 is 11.6 Å². The van der Waals surface area contributed by atoms with Crippen LogP contribution in [0.2, 0.25) is 5.02 Å². The molecule has 6 rings (SSSR count). The molecule has 1 heterocycles. The Bertz CT molecular complexity index is 863. The zero-order valence-corrected chi connectivity index (χ0v) is 18.9. The molecule has 4 fully saturated rings. The molecule has 4 heteroatoms. The Kier molecular flexibility index (Phi) is 4.37. The lowest BCUT2D eigenvalue weighted by molar-refractivity contribution is -0.138. The van der Waals surface area contributed by atoms with Crippen molar-refractivity contribution in [3.8, 4) is 0 Å². The van der Waals surface area contributed by atoms with Gasteiger partial charge >= 0.3 is 0 Å². The Balaban J connectivity index is 1.54. The quantitative estimate of drug-likeness (QED) is 0.669. The SMILES string of the molecule is CN(C)c1cc2c(cc1Cl)CC(C)(C)N/C2=C\C(=O)C12CC3CC(CC(C3)C1)C2. The molecule has 1 N–H and O–H groups in total. The molecule has 0 aromatic heterocycles. The van der Waals surface area contributed by atoms with Gasteiger partial charge in [-0.2, -0.15) is 0 Å². The number of rotatable bonds is 3. The predicted octanol–water partition coefficient (Wildman–Crippen LogP) is 5.46. The van der Waals surface area contributed by atoms with Crippen LogP contribution in [0.1, 0.15) is 63.5 Å². The van der Waals surface area contributed by atoms with Crippen molar-refractivity contribution in [3.63, 3.8) is 0 Å². The van der Waals surface area contributed by atoms with E-state index in [2.05, 4.69) is 31.3 Å². The Morgan fingerprint density at radius 2 is 1.69 bits per heavy atom. The highest BCUT2D eigenvalue weighted by atomic mass is 35.5. The first-order chi connectivity index (χ1) is 13.6. The fourth-order valence-electron chi connectivity index (χ4n) is 7.11. The summed E-state index contributed by atoms with van der Waals surface area (Å²) >= 11 is 6.57. The van der Waals surface area contributed by atoms with E-state index in [4.69, 9.17) is 11.6 Å². The van der Waals surface area contributed by atoms with Gasteiger partial charge < -0.3 is 10.2 Å². The van der Waals surface area contributed by atoms with E-state index in [-0.39, 0.29) is 11.0 Å². The Hall–Kier alpha value is -1.48. The number of fused-ring (bicyclic) bond motifs is 1. The van der Waals surface area contributed by atoms with Crippen LogP contribution < -0.4 is 10.2 Å². The van der Waals surface area contributed by atoms with E-state index < -0.39 is 0 Å². The summed E-state index contributed by atoms with van der Waals surface area (Å²) in [4.78, 5) is 15.8. The summed E-state index contributed by atoms with van der Waals surface area (Å²) in [6, 6.07) is 4.25. The second-order valence-corrected chi connectivity index (χ2v) is 11.6. The summed E-state index contributed by atoms with van der Waals surface area (Å²) in [5.74, 6) is 2.71. The van der Waals surface area contributed by atoms with Crippen molar-refractivity contribution >= 4 is 28.8 Å². The van der Waals surface area contributed by atoms with E-state index in [0.29, 0.717) is 5.78 Å². The molecule has 0 amide bonds. The van der Waals surface area contributed by atoms with Crippen LogP contribution in [-0.4, -0.2) is 25.4 Å². The van der Waals surface area contributed by atoms with E-state index >= 15 is 0 Å². The van der Waals surface area contributed by atoms with Gasteiger partial charge in [0.15, 0.2) is 5.78 Å². The molecule has 0 unspecified atom stereocenters. The number of hydrogen-bond acceptors (Lipinski definition) is 3. The molecular formula is C25H33ClN2O. The van der Waals surface area contributed by atoms with E-state index in [1.165, 1.54) is 24.8 Å². The maximum absolute atomic E-state index is 13.7. The summed E-state index contributed by atoms with van der Waals surface area (Å²) < 4.78 is 0. The monoisotopic (exact) mass is 412 g/mol. The molecule has 4 aliphatic carbocycles. The van der Waals surface area contributed by atoms with E-state index in [1.807, 2.05) is 25.1 Å². The third kappa shape index (κ3) is 3.30. The van der Waals surface area contributed by atoms with Gasteiger partial charge in [0.2, 0.25) is 0 Å². The van der Waals surface area contributed by atoms with Crippen LogP contribution in [-0.2, 0) is 11.2 Å². The first-order valence-corrected chi connectivity index (χ1v) is 11.6. The third-order valence-electron chi connectivity index (χ3n) is 7.89. The molecule has 3 nitrogen and oxygen atoms in total. The maximum Gasteiger partial charge on any atom is 0.163 e. The molecule has 0 atom stereocenters. The van der Waals surface area contributed by atoms with Gasteiger partial charge in [-0.1, -0.05) is 11.6 Å². The van der Waals surface area contributed by atoms with Gasteiger partial charge in [0.25, 0.3) is 0 Å². The van der Waals surface area contributed by atoms with Gasteiger partial charge in [0.1, 0.15) is 0 Å². The lowest BCUT2D eigenvalue weighted by Crippen LogP contribution is -2.50. The normalized spacial score (nSPS) is 35.3. The van der Waals surface area contributed by atoms with Crippen LogP contribution in [0.25, 0.3) is 5.70 Å². The average molecular weight is 413 g/mol. The summed E-state index contributed by atoms with van der Waals surface area (Å²) in [5, 5.41) is 4.45. The average Bonchev–Trinajstić information content (AvgIpc) is 2.58. The van der Waals surface area contributed by atoms with Crippen LogP contribution in [0.4, 0.5) is 5.69 Å². The fourth-order valence-corrected chi connectivity index (χ4v) is 7.46. The van der Waals surface area contributed by atoms with Crippen molar-refractivity contribution in [1.82, 2.24) is 5.32 Å². The molecule has 29 heavy (non-hydrogen) atoms. The molecule has 156 valence electrons. The number of carbonyl (C=O) groups excluding carboxylic acids is 1. The number of anilines is 1. The predicted molar refractivity (Wildman–Crippen MR) is 120 cm³/mol. The minimum Gasteiger partial charge on any atom is -0.379 e. The Morgan fingerprint density at radius 1 is 1.10 bits per heavy atom. The van der Waals surface area contributed by atoms with Gasteiger partial charge in [-0.05, 0) is 94.2 Å². The lowest BCUT2D eigenvalue weighted by Gasteiger charge is -2.55. The van der Waals surface area contributed by atoms with E-state index in [1.54, 1.807) is 0 Å². The van der Waals surface area contributed by atoms with Crippen molar-refractivity contribution in [2.75, 3.05) is 19.0 Å². The molecule has 1 aromatic rings. The first-order valence-electron chi connectivity index (χ1n) is 11.2. The van der Waals surface area contributed by atoms with Crippen LogP contribution in [0, 0.1) is 23.2 Å². The number of ketones is 1. The van der Waals surface area contributed by atoms with Crippen molar-refractivity contribution < 1.29 is 4.79 Å². The van der Waals surface area contributed by atoms with Crippen LogP contribution in [0.15, 0.2) is 18.2 Å². The van der Waals surface area contributed by atoms with Gasteiger partial charge in [0.05, 0.1) is 10.7 Å². The zero-order chi connectivity index (χ0) is 20.6. The van der Waals surface area contributed by atoms with E-state index in [0.717, 1.165) is 65.4 Å². The smallest absolute Gasteiger partial charge is 0.163 e. The highest BCUT2D eigenvalue weighted by molar-refractivity contribution is 6.33. The molecule has 5 aliphatic rings. The largest absolute Gasteiger partial charge is 0.379 e. The number of hydrogen-bond donors (Lipinski definition) is 1. The Labute approximate surface area is 179 Å². The molecule has 1 aromatic carbocycles. The lowest BCUT2D eigenvalue weighted by atomic mass is 9.48. The highest BCUT2D eigenvalue weighted by Crippen LogP contribution is 2.60. The second-order valence-electron chi connectivity index (χ2n) is 11.2. The van der Waals surface area contributed by atoms with Crippen LogP contribution in [0.5, 0.6) is 0 Å². The third-order valence-corrected chi connectivity index (χ3v) is 8.19. The van der Waals surface area contributed by atoms with Gasteiger partial charge in [-0.15, -0.1) is 0 Å². The standard InChI is InChI=1S/C25H33ClN2O/c1-24(2)14-18-8-20(26)22(28(3)4)9-19(18)21(27-24)10-23(29)25-11-15-5-16(12-25)7-17(6-15)13-25/h8-10,15-17,27H,5-7,11-14H2,1-4H3/b21-10-. The molecule has 0 radical (unpaired) electrons. The fraction of sp³-hybridized carbons (Fsp3) is 0.640. The highest BCUT2D eigenvalue weighted by Gasteiger charge is 2.54. The van der Waals surface area contributed by atoms with Crippen molar-refractivity contribution in [2.45, 2.75) is 64.3 Å². The summed E-state index contributed by atoms with van der Waals surface area (Å²) in [6.45, 7) is 4.40. The number of benzene rings is 1. The molecule has 0 saturated heterocycles. The number of nitrogens with zero attached hydrogens (tertiary/aromatic N) is 1.